The summed E-state index contributed by atoms with van der Waals surface area (Å²) in [7, 11) is -3.94. The Kier molecular flexibility index (Phi) is 5.65. The van der Waals surface area contributed by atoms with Gasteiger partial charge in [-0.25, -0.2) is 22.2 Å². The molecule has 0 radical (unpaired) electrons. The van der Waals surface area contributed by atoms with Crippen LogP contribution in [0.15, 0.2) is 71.9 Å². The van der Waals surface area contributed by atoms with Crippen molar-refractivity contribution in [3.63, 3.8) is 0 Å². The van der Waals surface area contributed by atoms with Crippen LogP contribution >= 0.6 is 11.6 Å². The van der Waals surface area contributed by atoms with Crippen LogP contribution in [0.3, 0.4) is 0 Å². The highest BCUT2D eigenvalue weighted by atomic mass is 35.5. The zero-order valence-electron chi connectivity index (χ0n) is 20.1. The highest BCUT2D eigenvalue weighted by molar-refractivity contribution is 7.90. The Bertz CT molecular complexity index is 1750. The summed E-state index contributed by atoms with van der Waals surface area (Å²) in [5.74, 6) is 0. The largest absolute Gasteiger partial charge is 0.443 e. The molecule has 0 bridgehead atoms. The lowest BCUT2D eigenvalue weighted by Crippen LogP contribution is -2.26. The molecule has 0 saturated carbocycles. The number of para-hydroxylation sites is 1. The molecule has 0 aliphatic heterocycles. The van der Waals surface area contributed by atoms with Gasteiger partial charge in [-0.15, -0.1) is 0 Å². The van der Waals surface area contributed by atoms with E-state index in [2.05, 4.69) is 9.97 Å². The molecule has 3 heterocycles. The van der Waals surface area contributed by atoms with Crippen molar-refractivity contribution in [2.75, 3.05) is 0 Å². The van der Waals surface area contributed by atoms with Crippen LogP contribution in [0.2, 0.25) is 5.28 Å². The molecule has 0 atom stereocenters. The van der Waals surface area contributed by atoms with Gasteiger partial charge in [-0.2, -0.15) is 4.98 Å². The number of aromatic nitrogens is 4. The molecule has 0 aliphatic carbocycles. The second-order valence-corrected chi connectivity index (χ2v) is 11.6. The van der Waals surface area contributed by atoms with Crippen molar-refractivity contribution in [1.29, 1.82) is 0 Å². The second-order valence-electron chi connectivity index (χ2n) is 9.42. The highest BCUT2D eigenvalue weighted by Crippen LogP contribution is 2.36. The molecule has 0 amide bonds. The summed E-state index contributed by atoms with van der Waals surface area (Å²) < 4.78 is 34.9. The second kappa shape index (κ2) is 8.46. The first-order chi connectivity index (χ1) is 17.0. The maximum absolute atomic E-state index is 13.4. The molecule has 184 valence electrons. The lowest BCUT2D eigenvalue weighted by molar-refractivity contribution is 0.0544. The first-order valence-corrected chi connectivity index (χ1v) is 13.0. The summed E-state index contributed by atoms with van der Waals surface area (Å²) >= 11 is 6.30. The van der Waals surface area contributed by atoms with E-state index in [0.717, 1.165) is 14.9 Å². The van der Waals surface area contributed by atoms with Crippen LogP contribution in [0.25, 0.3) is 33.2 Å². The third-order valence-corrected chi connectivity index (χ3v) is 7.47. The summed E-state index contributed by atoms with van der Waals surface area (Å²) in [6.45, 7) is 7.27. The van der Waals surface area contributed by atoms with Crippen LogP contribution < -0.4 is 0 Å². The Hall–Kier alpha value is -3.69. The van der Waals surface area contributed by atoms with E-state index in [1.165, 1.54) is 10.8 Å². The number of aryl methyl sites for hydroxylation is 1. The van der Waals surface area contributed by atoms with Gasteiger partial charge in [-0.05, 0) is 63.6 Å². The molecule has 0 spiro atoms. The van der Waals surface area contributed by atoms with E-state index >= 15 is 0 Å². The summed E-state index contributed by atoms with van der Waals surface area (Å²) in [6.07, 6.45) is 2.52. The quantitative estimate of drug-likeness (QED) is 0.268. The Labute approximate surface area is 213 Å². The molecule has 10 heteroatoms. The van der Waals surface area contributed by atoms with Crippen LogP contribution in [0, 0.1) is 6.92 Å². The maximum atomic E-state index is 13.4. The van der Waals surface area contributed by atoms with Crippen LogP contribution in [-0.4, -0.2) is 38.6 Å². The average Bonchev–Trinajstić information content (AvgIpc) is 3.40. The zero-order valence-corrected chi connectivity index (χ0v) is 21.6. The van der Waals surface area contributed by atoms with Gasteiger partial charge in [0.1, 0.15) is 5.60 Å². The molecule has 0 aliphatic rings. The molecule has 3 aromatic heterocycles. The van der Waals surface area contributed by atoms with Gasteiger partial charge in [-0.3, -0.25) is 4.57 Å². The molecule has 36 heavy (non-hydrogen) atoms. The third-order valence-electron chi connectivity index (χ3n) is 5.62. The third kappa shape index (κ3) is 4.14. The van der Waals surface area contributed by atoms with Crippen molar-refractivity contribution in [3.8, 4) is 11.3 Å². The van der Waals surface area contributed by atoms with Gasteiger partial charge in [0.05, 0.1) is 16.1 Å². The van der Waals surface area contributed by atoms with Gasteiger partial charge in [0.2, 0.25) is 5.28 Å². The SMILES string of the molecule is Cc1ccc(S(=O)(=O)n2ccc3c(-c4cn(C(=O)OC(C)(C)C)c5ccccc45)nc(Cl)nc32)cc1. The topological polar surface area (TPSA) is 96.1 Å². The fraction of sp³-hybridized carbons (Fsp3) is 0.192. The van der Waals surface area contributed by atoms with Crippen molar-refractivity contribution >= 4 is 49.7 Å². The summed E-state index contributed by atoms with van der Waals surface area (Å²) in [5, 5.41) is 1.08. The molecule has 0 fully saturated rings. The molecule has 0 N–H and O–H groups in total. The maximum Gasteiger partial charge on any atom is 0.419 e. The number of hydrogen-bond acceptors (Lipinski definition) is 6. The highest BCUT2D eigenvalue weighted by Gasteiger charge is 2.25. The van der Waals surface area contributed by atoms with Crippen molar-refractivity contribution in [2.24, 2.45) is 0 Å². The minimum Gasteiger partial charge on any atom is -0.443 e. The van der Waals surface area contributed by atoms with E-state index in [0.29, 0.717) is 22.2 Å². The van der Waals surface area contributed by atoms with Crippen LogP contribution in [0.4, 0.5) is 4.79 Å². The van der Waals surface area contributed by atoms with Gasteiger partial charge in [0.25, 0.3) is 10.0 Å². The number of nitrogens with zero attached hydrogens (tertiary/aromatic N) is 4. The number of carbonyl (C=O) groups excluding carboxylic acids is 1. The fourth-order valence-electron chi connectivity index (χ4n) is 4.02. The standard InChI is InChI=1S/C26H23ClN4O4S/c1-16-9-11-17(12-10-16)36(33,34)31-14-13-19-22(28-24(27)29-23(19)31)20-15-30(25(32)35-26(2,3)4)21-8-6-5-7-18(20)21/h5-15H,1-4H3. The smallest absolute Gasteiger partial charge is 0.419 e. The van der Waals surface area contributed by atoms with E-state index < -0.39 is 21.7 Å². The minimum absolute atomic E-state index is 0.120. The lowest BCUT2D eigenvalue weighted by Gasteiger charge is -2.19. The van der Waals surface area contributed by atoms with Crippen molar-refractivity contribution in [3.05, 3.63) is 77.8 Å². The number of carbonyl (C=O) groups is 1. The van der Waals surface area contributed by atoms with Gasteiger partial charge in [0, 0.05) is 28.7 Å². The van der Waals surface area contributed by atoms with E-state index in [-0.39, 0.29) is 15.8 Å². The Balaban J connectivity index is 1.72. The normalized spacial score (nSPS) is 12.4. The number of fused-ring (bicyclic) bond motifs is 2. The molecule has 5 aromatic rings. The average molecular weight is 523 g/mol. The molecular formula is C26H23ClN4O4S. The molecule has 2 aromatic carbocycles. The van der Waals surface area contributed by atoms with Crippen LogP contribution in [-0.2, 0) is 14.8 Å². The molecule has 0 saturated heterocycles. The van der Waals surface area contributed by atoms with Crippen molar-refractivity contribution in [1.82, 2.24) is 18.5 Å². The zero-order chi connectivity index (χ0) is 25.8. The number of hydrogen-bond donors (Lipinski definition) is 0. The van der Waals surface area contributed by atoms with Gasteiger partial charge >= 0.3 is 6.09 Å². The first-order valence-electron chi connectivity index (χ1n) is 11.2. The predicted octanol–water partition coefficient (Wildman–Crippen LogP) is 6.04. The summed E-state index contributed by atoms with van der Waals surface area (Å²) in [4.78, 5) is 21.8. The number of rotatable bonds is 3. The minimum atomic E-state index is -3.94. The Morgan fingerprint density at radius 2 is 1.67 bits per heavy atom. The van der Waals surface area contributed by atoms with E-state index in [1.54, 1.807) is 63.4 Å². The summed E-state index contributed by atoms with van der Waals surface area (Å²) in [5.41, 5.74) is 2.02. The van der Waals surface area contributed by atoms with Gasteiger partial charge in [-0.1, -0.05) is 35.9 Å². The van der Waals surface area contributed by atoms with Gasteiger partial charge in [0.15, 0.2) is 5.65 Å². The van der Waals surface area contributed by atoms with Crippen LogP contribution in [0.1, 0.15) is 26.3 Å². The fourth-order valence-corrected chi connectivity index (χ4v) is 5.48. The molecule has 0 unspecified atom stereocenters. The van der Waals surface area contributed by atoms with Crippen LogP contribution in [0.5, 0.6) is 0 Å². The Morgan fingerprint density at radius 3 is 2.36 bits per heavy atom. The van der Waals surface area contributed by atoms with E-state index in [9.17, 15) is 13.2 Å². The number of benzene rings is 2. The number of halogens is 1. The van der Waals surface area contributed by atoms with Gasteiger partial charge < -0.3 is 4.74 Å². The van der Waals surface area contributed by atoms with E-state index in [1.807, 2.05) is 25.1 Å². The number of ether oxygens (including phenoxy) is 1. The van der Waals surface area contributed by atoms with Crippen molar-refractivity contribution in [2.45, 2.75) is 38.2 Å². The predicted molar refractivity (Wildman–Crippen MR) is 139 cm³/mol. The lowest BCUT2D eigenvalue weighted by atomic mass is 10.1. The Morgan fingerprint density at radius 1 is 0.972 bits per heavy atom. The molecule has 8 nitrogen and oxygen atoms in total. The summed E-state index contributed by atoms with van der Waals surface area (Å²) in [6, 6.07) is 15.5. The molecular weight excluding hydrogens is 500 g/mol. The molecule has 5 rings (SSSR count). The van der Waals surface area contributed by atoms with E-state index in [4.69, 9.17) is 16.3 Å². The first kappa shape index (κ1) is 24.0. The monoisotopic (exact) mass is 522 g/mol. The van der Waals surface area contributed by atoms with Crippen molar-refractivity contribution < 1.29 is 17.9 Å².